The van der Waals surface area contributed by atoms with E-state index in [4.69, 9.17) is 0 Å². The SMILES string of the molecule is C=C(C)CN(CC)S(=O)(=O)c1cc(CNC)n(CC)c1. The quantitative estimate of drug-likeness (QED) is 0.745. The van der Waals surface area contributed by atoms with Crippen LogP contribution in [0.4, 0.5) is 0 Å². The van der Waals surface area contributed by atoms with Crippen LogP contribution in [0.25, 0.3) is 0 Å². The number of aromatic nitrogens is 1. The lowest BCUT2D eigenvalue weighted by Crippen LogP contribution is -2.32. The number of sulfonamides is 1. The van der Waals surface area contributed by atoms with E-state index in [1.165, 1.54) is 4.31 Å². The fourth-order valence-corrected chi connectivity index (χ4v) is 3.68. The third-order valence-electron chi connectivity index (χ3n) is 3.10. The Hall–Kier alpha value is -1.11. The fourth-order valence-electron chi connectivity index (χ4n) is 2.11. The highest BCUT2D eigenvalue weighted by molar-refractivity contribution is 7.89. The molecule has 114 valence electrons. The second kappa shape index (κ2) is 7.06. The Morgan fingerprint density at radius 2 is 2.10 bits per heavy atom. The first-order valence-corrected chi connectivity index (χ1v) is 8.29. The van der Waals surface area contributed by atoms with Crippen molar-refractivity contribution in [3.63, 3.8) is 0 Å². The lowest BCUT2D eigenvalue weighted by molar-refractivity contribution is 0.452. The summed E-state index contributed by atoms with van der Waals surface area (Å²) in [7, 11) is -1.60. The van der Waals surface area contributed by atoms with Gasteiger partial charge in [-0.05, 0) is 27.0 Å². The van der Waals surface area contributed by atoms with Gasteiger partial charge in [-0.2, -0.15) is 4.31 Å². The molecule has 0 aliphatic rings. The van der Waals surface area contributed by atoms with E-state index < -0.39 is 10.0 Å². The Balaban J connectivity index is 3.17. The summed E-state index contributed by atoms with van der Waals surface area (Å²) in [5, 5.41) is 3.06. The molecule has 0 spiro atoms. The normalized spacial score (nSPS) is 12.1. The fraction of sp³-hybridized carbons (Fsp3) is 0.571. The maximum Gasteiger partial charge on any atom is 0.244 e. The zero-order valence-electron chi connectivity index (χ0n) is 12.8. The van der Waals surface area contributed by atoms with Gasteiger partial charge in [0, 0.05) is 38.1 Å². The molecule has 0 unspecified atom stereocenters. The molecule has 0 saturated heterocycles. The van der Waals surface area contributed by atoms with Crippen LogP contribution in [0.2, 0.25) is 0 Å². The Labute approximate surface area is 122 Å². The summed E-state index contributed by atoms with van der Waals surface area (Å²) in [6.45, 7) is 11.7. The maximum absolute atomic E-state index is 12.6. The van der Waals surface area contributed by atoms with E-state index in [-0.39, 0.29) is 0 Å². The van der Waals surface area contributed by atoms with Crippen LogP contribution in [0.1, 0.15) is 26.5 Å². The van der Waals surface area contributed by atoms with Crippen molar-refractivity contribution in [3.8, 4) is 0 Å². The third-order valence-corrected chi connectivity index (χ3v) is 4.98. The zero-order valence-corrected chi connectivity index (χ0v) is 13.6. The van der Waals surface area contributed by atoms with Crippen molar-refractivity contribution in [2.24, 2.45) is 0 Å². The van der Waals surface area contributed by atoms with Crippen molar-refractivity contribution in [1.29, 1.82) is 0 Å². The molecule has 0 saturated carbocycles. The van der Waals surface area contributed by atoms with Crippen LogP contribution < -0.4 is 5.32 Å². The van der Waals surface area contributed by atoms with E-state index in [9.17, 15) is 8.42 Å². The molecule has 0 amide bonds. The molecule has 6 heteroatoms. The van der Waals surface area contributed by atoms with Crippen molar-refractivity contribution in [2.75, 3.05) is 20.1 Å². The van der Waals surface area contributed by atoms with Crippen molar-refractivity contribution in [3.05, 3.63) is 30.1 Å². The van der Waals surface area contributed by atoms with E-state index in [1.807, 2.05) is 32.4 Å². The topological polar surface area (TPSA) is 54.3 Å². The summed E-state index contributed by atoms with van der Waals surface area (Å²) < 4.78 is 28.7. The number of aryl methyl sites for hydroxylation is 1. The molecule has 0 aliphatic carbocycles. The smallest absolute Gasteiger partial charge is 0.244 e. The zero-order chi connectivity index (χ0) is 15.3. The molecule has 1 aromatic rings. The third kappa shape index (κ3) is 3.71. The summed E-state index contributed by atoms with van der Waals surface area (Å²) in [5.74, 6) is 0. The number of likely N-dealkylation sites (N-methyl/N-ethyl adjacent to an activating group) is 1. The van der Waals surface area contributed by atoms with E-state index in [0.717, 1.165) is 17.8 Å². The second-order valence-electron chi connectivity index (χ2n) is 4.87. The highest BCUT2D eigenvalue weighted by atomic mass is 32.2. The second-order valence-corrected chi connectivity index (χ2v) is 6.81. The Bertz CT molecular complexity index is 561. The molecule has 0 bridgehead atoms. The number of nitrogens with zero attached hydrogens (tertiary/aromatic N) is 2. The molecule has 1 rings (SSSR count). The molecule has 0 atom stereocenters. The Morgan fingerprint density at radius 3 is 2.55 bits per heavy atom. The van der Waals surface area contributed by atoms with Gasteiger partial charge < -0.3 is 9.88 Å². The summed E-state index contributed by atoms with van der Waals surface area (Å²) in [6, 6.07) is 1.75. The van der Waals surface area contributed by atoms with Crippen LogP contribution in [0, 0.1) is 0 Å². The van der Waals surface area contributed by atoms with Crippen LogP contribution in [-0.4, -0.2) is 37.4 Å². The summed E-state index contributed by atoms with van der Waals surface area (Å²) in [6.07, 6.45) is 1.71. The standard InChI is InChI=1S/C14H25N3O2S/c1-6-16-11-14(8-13(16)9-15-5)20(18,19)17(7-2)10-12(3)4/h8,11,15H,3,6-7,9-10H2,1-2,4-5H3. The first-order valence-electron chi connectivity index (χ1n) is 6.84. The van der Waals surface area contributed by atoms with Gasteiger partial charge >= 0.3 is 0 Å². The van der Waals surface area contributed by atoms with E-state index in [0.29, 0.717) is 24.5 Å². The molecule has 1 heterocycles. The van der Waals surface area contributed by atoms with Crippen molar-refractivity contribution in [1.82, 2.24) is 14.2 Å². The predicted octanol–water partition coefficient (Wildman–Crippen LogP) is 1.81. The van der Waals surface area contributed by atoms with Gasteiger partial charge in [-0.15, -0.1) is 0 Å². The summed E-state index contributed by atoms with van der Waals surface area (Å²) in [4.78, 5) is 0.354. The minimum absolute atomic E-state index is 0.354. The molecule has 0 radical (unpaired) electrons. The van der Waals surface area contributed by atoms with Gasteiger partial charge in [-0.3, -0.25) is 0 Å². The maximum atomic E-state index is 12.6. The van der Waals surface area contributed by atoms with Crippen molar-refractivity contribution < 1.29 is 8.42 Å². The minimum Gasteiger partial charge on any atom is -0.349 e. The van der Waals surface area contributed by atoms with Crippen molar-refractivity contribution >= 4 is 10.0 Å². The first kappa shape index (κ1) is 16.9. The number of nitrogens with one attached hydrogen (secondary N) is 1. The highest BCUT2D eigenvalue weighted by Crippen LogP contribution is 2.20. The molecule has 5 nitrogen and oxygen atoms in total. The summed E-state index contributed by atoms with van der Waals surface area (Å²) >= 11 is 0. The molecular formula is C14H25N3O2S. The molecule has 0 aliphatic heterocycles. The number of hydrogen-bond donors (Lipinski definition) is 1. The molecule has 1 aromatic heterocycles. The minimum atomic E-state index is -3.45. The van der Waals surface area contributed by atoms with Crippen LogP contribution >= 0.6 is 0 Å². The molecule has 0 fully saturated rings. The van der Waals surface area contributed by atoms with Crippen LogP contribution in [0.3, 0.4) is 0 Å². The number of rotatable bonds is 8. The van der Waals surface area contributed by atoms with Crippen LogP contribution in [0.5, 0.6) is 0 Å². The van der Waals surface area contributed by atoms with E-state index >= 15 is 0 Å². The summed E-state index contributed by atoms with van der Waals surface area (Å²) in [5.41, 5.74) is 1.81. The predicted molar refractivity (Wildman–Crippen MR) is 82.1 cm³/mol. The van der Waals surface area contributed by atoms with E-state index in [1.54, 1.807) is 12.3 Å². The average molecular weight is 299 g/mol. The van der Waals surface area contributed by atoms with Crippen LogP contribution in [-0.2, 0) is 23.1 Å². The lowest BCUT2D eigenvalue weighted by atomic mass is 10.3. The highest BCUT2D eigenvalue weighted by Gasteiger charge is 2.25. The number of hydrogen-bond acceptors (Lipinski definition) is 3. The van der Waals surface area contributed by atoms with Gasteiger partial charge in [0.25, 0.3) is 0 Å². The molecule has 1 N–H and O–H groups in total. The first-order chi connectivity index (χ1) is 9.36. The van der Waals surface area contributed by atoms with Gasteiger partial charge in [-0.25, -0.2) is 8.42 Å². The monoisotopic (exact) mass is 299 g/mol. The van der Waals surface area contributed by atoms with Crippen molar-refractivity contribution in [2.45, 2.75) is 38.8 Å². The van der Waals surface area contributed by atoms with Gasteiger partial charge in [-0.1, -0.05) is 19.1 Å². The molecule has 20 heavy (non-hydrogen) atoms. The van der Waals surface area contributed by atoms with Gasteiger partial charge in [0.1, 0.15) is 4.90 Å². The lowest BCUT2D eigenvalue weighted by Gasteiger charge is -2.19. The van der Waals surface area contributed by atoms with Gasteiger partial charge in [0.05, 0.1) is 0 Å². The average Bonchev–Trinajstić information content (AvgIpc) is 2.79. The van der Waals surface area contributed by atoms with E-state index in [2.05, 4.69) is 11.9 Å². The molecule has 0 aromatic carbocycles. The molecular weight excluding hydrogens is 274 g/mol. The van der Waals surface area contributed by atoms with Crippen LogP contribution in [0.15, 0.2) is 29.3 Å². The largest absolute Gasteiger partial charge is 0.349 e. The Morgan fingerprint density at radius 1 is 1.45 bits per heavy atom. The Kier molecular flexibility index (Phi) is 5.98. The van der Waals surface area contributed by atoms with Gasteiger partial charge in [0.15, 0.2) is 0 Å². The van der Waals surface area contributed by atoms with Gasteiger partial charge in [0.2, 0.25) is 10.0 Å².